The van der Waals surface area contributed by atoms with Crippen LogP contribution in [0.1, 0.15) is 16.7 Å². The summed E-state index contributed by atoms with van der Waals surface area (Å²) < 4.78 is 13.8. The topological polar surface area (TPSA) is 26.0 Å². The quantitative estimate of drug-likeness (QED) is 0.791. The first-order valence-electron chi connectivity index (χ1n) is 3.72. The summed E-state index contributed by atoms with van der Waals surface area (Å²) in [7, 11) is 0. The Morgan fingerprint density at radius 1 is 1.50 bits per heavy atom. The van der Waals surface area contributed by atoms with E-state index in [1.807, 2.05) is 13.8 Å². The van der Waals surface area contributed by atoms with Gasteiger partial charge in [-0.1, -0.05) is 0 Å². The van der Waals surface area contributed by atoms with Gasteiger partial charge < -0.3 is 5.73 Å². The molecule has 0 amide bonds. The average Bonchev–Trinajstić information content (AvgIpc) is 2.02. The second-order valence-electron chi connectivity index (χ2n) is 2.80. The predicted molar refractivity (Wildman–Crippen MR) is 51.5 cm³/mol. The lowest BCUT2D eigenvalue weighted by Gasteiger charge is -2.09. The van der Waals surface area contributed by atoms with Gasteiger partial charge in [-0.25, -0.2) is 4.39 Å². The first kappa shape index (κ1) is 9.68. The number of rotatable bonds is 1. The van der Waals surface area contributed by atoms with E-state index in [1.54, 1.807) is 6.07 Å². The van der Waals surface area contributed by atoms with Crippen molar-refractivity contribution >= 4 is 15.9 Å². The fraction of sp³-hybridized carbons (Fsp3) is 0.333. The van der Waals surface area contributed by atoms with Crippen molar-refractivity contribution in [2.24, 2.45) is 5.73 Å². The lowest BCUT2D eigenvalue weighted by atomic mass is 10.0. The molecule has 0 fully saturated rings. The average molecular weight is 232 g/mol. The van der Waals surface area contributed by atoms with Gasteiger partial charge in [0.25, 0.3) is 0 Å². The summed E-state index contributed by atoms with van der Waals surface area (Å²) in [6.45, 7) is 4.07. The van der Waals surface area contributed by atoms with Crippen LogP contribution in [-0.2, 0) is 6.54 Å². The van der Waals surface area contributed by atoms with E-state index in [-0.39, 0.29) is 12.4 Å². The van der Waals surface area contributed by atoms with Crippen LogP contribution in [0.4, 0.5) is 4.39 Å². The molecule has 1 aromatic carbocycles. The monoisotopic (exact) mass is 231 g/mol. The third kappa shape index (κ3) is 1.52. The van der Waals surface area contributed by atoms with Crippen LogP contribution < -0.4 is 5.73 Å². The van der Waals surface area contributed by atoms with Gasteiger partial charge in [-0.2, -0.15) is 0 Å². The number of nitrogens with two attached hydrogens (primary N) is 1. The van der Waals surface area contributed by atoms with Crippen LogP contribution in [0.3, 0.4) is 0 Å². The summed E-state index contributed by atoms with van der Waals surface area (Å²) in [5.74, 6) is -0.236. The molecule has 0 aromatic heterocycles. The van der Waals surface area contributed by atoms with E-state index in [2.05, 4.69) is 15.9 Å². The molecule has 0 aliphatic carbocycles. The molecule has 0 saturated heterocycles. The minimum atomic E-state index is -0.236. The highest BCUT2D eigenvalue weighted by molar-refractivity contribution is 9.10. The van der Waals surface area contributed by atoms with Gasteiger partial charge in [-0.05, 0) is 47.0 Å². The van der Waals surface area contributed by atoms with E-state index in [1.165, 1.54) is 0 Å². The third-order valence-corrected chi connectivity index (χ3v) is 2.64. The molecule has 0 aliphatic rings. The molecule has 0 saturated carbocycles. The van der Waals surface area contributed by atoms with Gasteiger partial charge in [0.1, 0.15) is 5.82 Å². The van der Waals surface area contributed by atoms with Crippen molar-refractivity contribution in [3.05, 3.63) is 33.0 Å². The SMILES string of the molecule is Cc1cc(Br)c(F)c(CN)c1C. The van der Waals surface area contributed by atoms with Crippen LogP contribution in [0.2, 0.25) is 0 Å². The van der Waals surface area contributed by atoms with Crippen molar-refractivity contribution in [3.8, 4) is 0 Å². The Labute approximate surface area is 79.9 Å². The highest BCUT2D eigenvalue weighted by Crippen LogP contribution is 2.24. The molecule has 0 aliphatic heterocycles. The van der Waals surface area contributed by atoms with Crippen LogP contribution in [0.5, 0.6) is 0 Å². The summed E-state index contributed by atoms with van der Waals surface area (Å²) >= 11 is 3.14. The Hall–Kier alpha value is -0.410. The Kier molecular flexibility index (Phi) is 2.85. The molecule has 0 unspecified atom stereocenters. The van der Waals surface area contributed by atoms with Crippen molar-refractivity contribution in [2.75, 3.05) is 0 Å². The van der Waals surface area contributed by atoms with Crippen LogP contribution in [0.15, 0.2) is 10.5 Å². The normalized spacial score (nSPS) is 10.4. The molecular weight excluding hydrogens is 221 g/mol. The molecule has 1 rings (SSSR count). The molecule has 2 N–H and O–H groups in total. The lowest BCUT2D eigenvalue weighted by Crippen LogP contribution is -2.04. The fourth-order valence-electron chi connectivity index (χ4n) is 1.15. The summed E-state index contributed by atoms with van der Waals surface area (Å²) in [6, 6.07) is 1.77. The maximum absolute atomic E-state index is 13.3. The minimum absolute atomic E-state index is 0.236. The maximum atomic E-state index is 13.3. The summed E-state index contributed by atoms with van der Waals surface area (Å²) in [4.78, 5) is 0. The van der Waals surface area contributed by atoms with E-state index in [0.29, 0.717) is 10.0 Å². The van der Waals surface area contributed by atoms with E-state index in [9.17, 15) is 4.39 Å². The maximum Gasteiger partial charge on any atom is 0.142 e. The molecule has 1 aromatic rings. The Balaban J connectivity index is 3.42. The second-order valence-corrected chi connectivity index (χ2v) is 3.65. The zero-order valence-electron chi connectivity index (χ0n) is 7.12. The van der Waals surface area contributed by atoms with Gasteiger partial charge in [-0.3, -0.25) is 0 Å². The molecular formula is C9H11BrFN. The Bertz CT molecular complexity index is 284. The van der Waals surface area contributed by atoms with Gasteiger partial charge >= 0.3 is 0 Å². The number of aryl methyl sites for hydroxylation is 1. The summed E-state index contributed by atoms with van der Waals surface area (Å²) in [6.07, 6.45) is 0. The van der Waals surface area contributed by atoms with E-state index < -0.39 is 0 Å². The van der Waals surface area contributed by atoms with Crippen molar-refractivity contribution in [3.63, 3.8) is 0 Å². The van der Waals surface area contributed by atoms with Crippen molar-refractivity contribution in [2.45, 2.75) is 20.4 Å². The highest BCUT2D eigenvalue weighted by Gasteiger charge is 2.10. The van der Waals surface area contributed by atoms with Crippen LogP contribution in [0, 0.1) is 19.7 Å². The second kappa shape index (κ2) is 3.54. The largest absolute Gasteiger partial charge is 0.326 e. The van der Waals surface area contributed by atoms with E-state index in [4.69, 9.17) is 5.73 Å². The van der Waals surface area contributed by atoms with Crippen LogP contribution in [-0.4, -0.2) is 0 Å². The zero-order chi connectivity index (χ0) is 9.30. The van der Waals surface area contributed by atoms with Crippen molar-refractivity contribution in [1.29, 1.82) is 0 Å². The van der Waals surface area contributed by atoms with Crippen LogP contribution >= 0.6 is 15.9 Å². The number of halogens is 2. The lowest BCUT2D eigenvalue weighted by molar-refractivity contribution is 0.601. The zero-order valence-corrected chi connectivity index (χ0v) is 8.70. The third-order valence-electron chi connectivity index (χ3n) is 2.07. The van der Waals surface area contributed by atoms with Crippen molar-refractivity contribution in [1.82, 2.24) is 0 Å². The highest BCUT2D eigenvalue weighted by atomic mass is 79.9. The molecule has 1 nitrogen and oxygen atoms in total. The fourth-order valence-corrected chi connectivity index (χ4v) is 1.73. The first-order valence-corrected chi connectivity index (χ1v) is 4.51. The van der Waals surface area contributed by atoms with E-state index in [0.717, 1.165) is 11.1 Å². The van der Waals surface area contributed by atoms with Gasteiger partial charge in [0.2, 0.25) is 0 Å². The number of hydrogen-bond donors (Lipinski definition) is 1. The molecule has 66 valence electrons. The minimum Gasteiger partial charge on any atom is -0.326 e. The molecule has 0 heterocycles. The van der Waals surface area contributed by atoms with Gasteiger partial charge in [-0.15, -0.1) is 0 Å². The van der Waals surface area contributed by atoms with Gasteiger partial charge in [0.05, 0.1) is 4.47 Å². The molecule has 12 heavy (non-hydrogen) atoms. The van der Waals surface area contributed by atoms with Crippen LogP contribution in [0.25, 0.3) is 0 Å². The number of hydrogen-bond acceptors (Lipinski definition) is 1. The Morgan fingerprint density at radius 3 is 2.58 bits per heavy atom. The predicted octanol–water partition coefficient (Wildman–Crippen LogP) is 2.66. The molecule has 0 spiro atoms. The van der Waals surface area contributed by atoms with Gasteiger partial charge in [0, 0.05) is 12.1 Å². The molecule has 0 radical (unpaired) electrons. The summed E-state index contributed by atoms with van der Waals surface area (Å²) in [5, 5.41) is 0. The van der Waals surface area contributed by atoms with Gasteiger partial charge in [0.15, 0.2) is 0 Å². The smallest absolute Gasteiger partial charge is 0.142 e. The standard InChI is InChI=1S/C9H11BrFN/c1-5-3-8(10)9(11)7(4-12)6(5)2/h3H,4,12H2,1-2H3. The van der Waals surface area contributed by atoms with Crippen molar-refractivity contribution < 1.29 is 4.39 Å². The Morgan fingerprint density at radius 2 is 2.08 bits per heavy atom. The molecule has 3 heteroatoms. The van der Waals surface area contributed by atoms with E-state index >= 15 is 0 Å². The first-order chi connectivity index (χ1) is 5.57. The molecule has 0 bridgehead atoms. The summed E-state index contributed by atoms with van der Waals surface area (Å²) in [5.41, 5.74) is 8.03. The molecule has 0 atom stereocenters. The number of benzene rings is 1.